The molecule has 3 atom stereocenters. The van der Waals surface area contributed by atoms with Gasteiger partial charge in [-0.05, 0) is 54.3 Å². The molecule has 1 fully saturated rings. The molecule has 77 heavy (non-hydrogen) atoms. The minimum Gasteiger partial charge on any atom is -0.478 e. The number of anilines is 1. The molecule has 3 unspecified atom stereocenters. The lowest BCUT2D eigenvalue weighted by atomic mass is 9.89. The van der Waals surface area contributed by atoms with Gasteiger partial charge >= 0.3 is 11.9 Å². The van der Waals surface area contributed by atoms with E-state index in [1.54, 1.807) is 30.3 Å². The van der Waals surface area contributed by atoms with Gasteiger partial charge in [0, 0.05) is 72.5 Å². The number of aromatic carboxylic acids is 1. The maximum absolute atomic E-state index is 13.8. The summed E-state index contributed by atoms with van der Waals surface area (Å²) in [4.78, 5) is 104. The number of likely N-dealkylation sites (tertiary alicyclic amines) is 1. The van der Waals surface area contributed by atoms with Crippen molar-refractivity contribution in [3.05, 3.63) is 94.8 Å². The van der Waals surface area contributed by atoms with Crippen molar-refractivity contribution in [3.8, 4) is 22.5 Å². The second-order valence-corrected chi connectivity index (χ2v) is 21.3. The molecule has 28 heteroatoms. The smallest absolute Gasteiger partial charge is 0.372 e. The highest BCUT2D eigenvalue weighted by molar-refractivity contribution is 8.00. The van der Waals surface area contributed by atoms with Gasteiger partial charge in [0.05, 0.1) is 54.3 Å². The van der Waals surface area contributed by atoms with Gasteiger partial charge in [-0.1, -0.05) is 42.5 Å². The number of carbonyl (C=O) groups is 8. The molecular weight excluding hydrogens is 1070 g/mol. The van der Waals surface area contributed by atoms with Crippen LogP contribution in [0.4, 0.5) is 5.69 Å². The monoisotopic (exact) mass is 1120 g/mol. The standard InChI is InChI=1S/C49H50BN5O19S3/c50-53-15-18-73-20-19-72-17-14-39(58)54-35(21-26-5-2-1-3-6-26)37(57)23-28(42(60)49(64)65)25-75-38-24-40(59)55(47(38)61)16-4-7-36(56)27-8-9-29(32(22-27)48(62)63)41-30-10-12-33(51)45(76(66,67)68)43(30)74-44-31(41)11-13-34(52)46(44)77(69,70)71/h1-3,5-6,8-13,22,28,35,38,51,53H,4,7,14-21,23-25,52H2,(H,54,58)(H,62,63)(H,64,65)(H,66,67,68)(H,69,70,71). The molecule has 0 bridgehead atoms. The van der Waals surface area contributed by atoms with Crippen LogP contribution in [-0.2, 0) is 64.9 Å². The second-order valence-electron chi connectivity index (χ2n) is 17.4. The number of imide groups is 1. The lowest BCUT2D eigenvalue weighted by molar-refractivity contribution is -0.151. The molecule has 406 valence electrons. The van der Waals surface area contributed by atoms with Crippen LogP contribution in [0.3, 0.4) is 0 Å². The Hall–Kier alpha value is -7.18. The normalized spacial score (nSPS) is 14.7. The van der Waals surface area contributed by atoms with Crippen molar-refractivity contribution in [2.75, 3.05) is 51.0 Å². The third-order valence-corrected chi connectivity index (χ3v) is 15.3. The molecule has 3 aromatic carbocycles. The van der Waals surface area contributed by atoms with Gasteiger partial charge in [-0.25, -0.2) is 9.59 Å². The van der Waals surface area contributed by atoms with Crippen molar-refractivity contribution in [2.24, 2.45) is 5.92 Å². The number of fused-ring (bicyclic) bond motifs is 2. The van der Waals surface area contributed by atoms with E-state index in [1.165, 1.54) is 12.1 Å². The number of rotatable bonds is 29. The molecule has 1 aliphatic carbocycles. The molecule has 2 aliphatic heterocycles. The maximum Gasteiger partial charge on any atom is 0.372 e. The summed E-state index contributed by atoms with van der Waals surface area (Å²) >= 11 is 0.793. The number of Topliss-reactive ketones (excluding diaryl/α,β-unsaturated/α-hetero) is 3. The number of carboxylic acid groups (broad SMARTS) is 2. The van der Waals surface area contributed by atoms with Crippen LogP contribution in [0.15, 0.2) is 87.0 Å². The lowest BCUT2D eigenvalue weighted by Crippen LogP contribution is -2.44. The number of carboxylic acids is 2. The van der Waals surface area contributed by atoms with E-state index in [4.69, 9.17) is 33.0 Å². The SMILES string of the molecule is [B]NCCOCCOCCC(=O)NC(Cc1ccccc1)C(=O)CC(CSC1CC(=O)N(CCCC(=O)c2ccc(-c3c4ccc(=N)c(S(=O)(=O)O)c-4oc4c(S(=O)(=O)O)c(N)ccc34)c(C(=O)O)c2)C1=O)C(=O)C(=O)O. The maximum atomic E-state index is 13.8. The van der Waals surface area contributed by atoms with E-state index in [2.05, 4.69) is 10.5 Å². The van der Waals surface area contributed by atoms with Gasteiger partial charge in [0.25, 0.3) is 20.2 Å². The largest absolute Gasteiger partial charge is 0.478 e. The van der Waals surface area contributed by atoms with Crippen LogP contribution in [0.25, 0.3) is 33.4 Å². The number of nitrogens with two attached hydrogens (primary N) is 1. The van der Waals surface area contributed by atoms with Crippen LogP contribution < -0.4 is 21.6 Å². The molecule has 2 heterocycles. The highest BCUT2D eigenvalue weighted by Crippen LogP contribution is 2.46. The lowest BCUT2D eigenvalue weighted by Gasteiger charge is -2.21. The topological polar surface area (TPSA) is 395 Å². The number of amides is 3. The molecule has 2 radical (unpaired) electrons. The third kappa shape index (κ3) is 14.7. The first-order chi connectivity index (χ1) is 36.4. The van der Waals surface area contributed by atoms with Crippen LogP contribution >= 0.6 is 11.8 Å². The number of benzene rings is 4. The van der Waals surface area contributed by atoms with E-state index in [-0.39, 0.29) is 91.9 Å². The summed E-state index contributed by atoms with van der Waals surface area (Å²) in [5, 5.41) is 31.3. The van der Waals surface area contributed by atoms with Gasteiger partial charge in [0.1, 0.15) is 0 Å². The average Bonchev–Trinajstić information content (AvgIpc) is 3.67. The van der Waals surface area contributed by atoms with Crippen molar-refractivity contribution in [3.63, 3.8) is 0 Å². The number of carbonyl (C=O) groups excluding carboxylic acids is 6. The van der Waals surface area contributed by atoms with Crippen molar-refractivity contribution in [1.82, 2.24) is 15.4 Å². The molecule has 9 N–H and O–H groups in total. The molecular formula is C49H50BN5O19S3. The van der Waals surface area contributed by atoms with Gasteiger partial charge in [-0.15, -0.1) is 11.8 Å². The zero-order valence-electron chi connectivity index (χ0n) is 40.6. The van der Waals surface area contributed by atoms with Crippen molar-refractivity contribution < 1.29 is 88.4 Å². The quantitative estimate of drug-likeness (QED) is 0.00498. The van der Waals surface area contributed by atoms with Gasteiger partial charge in [-0.3, -0.25) is 48.2 Å². The second kappa shape index (κ2) is 25.8. The Morgan fingerprint density at radius 2 is 1.55 bits per heavy atom. The predicted molar refractivity (Wildman–Crippen MR) is 274 cm³/mol. The van der Waals surface area contributed by atoms with E-state index in [0.29, 0.717) is 18.7 Å². The molecule has 6 rings (SSSR count). The fourth-order valence-corrected chi connectivity index (χ4v) is 11.2. The number of nitrogen functional groups attached to an aromatic ring is 1. The highest BCUT2D eigenvalue weighted by atomic mass is 32.2. The van der Waals surface area contributed by atoms with E-state index in [9.17, 15) is 74.5 Å². The summed E-state index contributed by atoms with van der Waals surface area (Å²) in [6.45, 7) is 0.917. The van der Waals surface area contributed by atoms with Gasteiger partial charge in [-0.2, -0.15) is 16.8 Å². The number of hydrogen-bond acceptors (Lipinski definition) is 19. The van der Waals surface area contributed by atoms with Crippen molar-refractivity contribution in [1.29, 1.82) is 5.41 Å². The van der Waals surface area contributed by atoms with Crippen LogP contribution in [0.5, 0.6) is 0 Å². The van der Waals surface area contributed by atoms with Gasteiger partial charge in [0.15, 0.2) is 40.7 Å². The number of hydrogen-bond donors (Lipinski definition) is 8. The van der Waals surface area contributed by atoms with Crippen LogP contribution in [0.1, 0.15) is 58.4 Å². The summed E-state index contributed by atoms with van der Waals surface area (Å²) in [7, 11) is -5.34. The Morgan fingerprint density at radius 1 is 0.870 bits per heavy atom. The number of nitrogens with zero attached hydrogens (tertiary/aromatic N) is 1. The van der Waals surface area contributed by atoms with Gasteiger partial charge in [0.2, 0.25) is 23.5 Å². The molecule has 0 spiro atoms. The highest BCUT2D eigenvalue weighted by Gasteiger charge is 2.41. The van der Waals surface area contributed by atoms with Crippen molar-refractivity contribution in [2.45, 2.75) is 59.6 Å². The number of aliphatic carboxylic acids is 1. The Bertz CT molecular complexity index is 3390. The Morgan fingerprint density at radius 3 is 2.19 bits per heavy atom. The summed E-state index contributed by atoms with van der Waals surface area (Å²) in [5.74, 6) is -10.7. The molecule has 3 amide bonds. The first kappa shape index (κ1) is 59.1. The number of nitrogens with one attached hydrogen (secondary N) is 3. The summed E-state index contributed by atoms with van der Waals surface area (Å²) in [5.41, 5.74) is 3.72. The van der Waals surface area contributed by atoms with Crippen LogP contribution in [0.2, 0.25) is 0 Å². The summed E-state index contributed by atoms with van der Waals surface area (Å²) in [6, 6.07) is 15.1. The van der Waals surface area contributed by atoms with Crippen LogP contribution in [-0.4, -0.2) is 153 Å². The Kier molecular flexibility index (Phi) is 19.8. The van der Waals surface area contributed by atoms with Gasteiger partial charge < -0.3 is 40.4 Å². The number of thioether (sulfide) groups is 1. The van der Waals surface area contributed by atoms with E-state index in [1.807, 2.05) is 0 Å². The first-order valence-corrected chi connectivity index (χ1v) is 27.3. The van der Waals surface area contributed by atoms with Crippen LogP contribution in [0, 0.1) is 11.3 Å². The fraction of sp³-hybridized carbons (Fsp3) is 0.327. The van der Waals surface area contributed by atoms with E-state index < -0.39 is 129 Å². The summed E-state index contributed by atoms with van der Waals surface area (Å²) in [6.07, 6.45) is -1.60. The fourth-order valence-electron chi connectivity index (χ4n) is 8.47. The Labute approximate surface area is 444 Å². The third-order valence-electron chi connectivity index (χ3n) is 12.1. The number of ether oxygens (including phenoxy) is 2. The van der Waals surface area contributed by atoms with E-state index >= 15 is 0 Å². The first-order valence-electron chi connectivity index (χ1n) is 23.3. The van der Waals surface area contributed by atoms with Crippen molar-refractivity contribution >= 4 is 104 Å². The predicted octanol–water partition coefficient (Wildman–Crippen LogP) is 2.33. The summed E-state index contributed by atoms with van der Waals surface area (Å²) < 4.78 is 86.8. The number of ketones is 3. The molecule has 0 aromatic heterocycles. The minimum absolute atomic E-state index is 0.00502. The molecule has 1 saturated heterocycles. The molecule has 3 aromatic rings. The average molecular weight is 1120 g/mol. The molecule has 24 nitrogen and oxygen atoms in total. The Balaban J connectivity index is 1.14. The minimum atomic E-state index is -5.29. The van der Waals surface area contributed by atoms with E-state index in [0.717, 1.165) is 47.0 Å². The zero-order valence-corrected chi connectivity index (χ0v) is 43.0. The molecule has 0 saturated carbocycles. The zero-order chi connectivity index (χ0) is 56.4. The molecule has 3 aliphatic rings.